The number of nitrogens with one attached hydrogen (secondary N) is 1. The standard InChI is InChI=1S/C16H28N2O/c1-6-9-14-10-13(12-17-8-3)11-15(18-14)19-16(4,5)7-2/h10-11,17H,6-9,12H2,1-5H3. The first kappa shape index (κ1) is 16.0. The van der Waals surface area contributed by atoms with Gasteiger partial charge in [-0.05, 0) is 44.9 Å². The van der Waals surface area contributed by atoms with Gasteiger partial charge in [-0.15, -0.1) is 0 Å². The first-order chi connectivity index (χ1) is 9.00. The number of hydrogen-bond acceptors (Lipinski definition) is 3. The van der Waals surface area contributed by atoms with E-state index in [9.17, 15) is 0 Å². The highest BCUT2D eigenvalue weighted by Crippen LogP contribution is 2.21. The van der Waals surface area contributed by atoms with Gasteiger partial charge in [-0.2, -0.15) is 0 Å². The van der Waals surface area contributed by atoms with Crippen LogP contribution in [0.25, 0.3) is 0 Å². The molecule has 1 aromatic rings. The molecule has 0 bridgehead atoms. The van der Waals surface area contributed by atoms with Crippen LogP contribution in [0, 0.1) is 0 Å². The summed E-state index contributed by atoms with van der Waals surface area (Å²) in [7, 11) is 0. The van der Waals surface area contributed by atoms with E-state index in [1.807, 2.05) is 0 Å². The second-order valence-corrected chi connectivity index (χ2v) is 5.55. The van der Waals surface area contributed by atoms with Gasteiger partial charge in [0.25, 0.3) is 0 Å². The van der Waals surface area contributed by atoms with Crippen molar-refractivity contribution in [3.05, 3.63) is 23.4 Å². The fourth-order valence-electron chi connectivity index (χ4n) is 1.78. The van der Waals surface area contributed by atoms with Crippen LogP contribution < -0.4 is 10.1 Å². The van der Waals surface area contributed by atoms with E-state index < -0.39 is 0 Å². The molecule has 3 nitrogen and oxygen atoms in total. The molecule has 0 aromatic carbocycles. The Hall–Kier alpha value is -1.09. The second kappa shape index (κ2) is 7.49. The molecule has 1 rings (SSSR count). The lowest BCUT2D eigenvalue weighted by Gasteiger charge is -2.24. The van der Waals surface area contributed by atoms with E-state index in [0.29, 0.717) is 0 Å². The van der Waals surface area contributed by atoms with Gasteiger partial charge in [-0.3, -0.25) is 0 Å². The van der Waals surface area contributed by atoms with E-state index in [4.69, 9.17) is 4.74 Å². The minimum absolute atomic E-state index is 0.159. The number of aryl methyl sites for hydroxylation is 1. The van der Waals surface area contributed by atoms with Crippen LogP contribution in [-0.2, 0) is 13.0 Å². The highest BCUT2D eigenvalue weighted by atomic mass is 16.5. The molecule has 19 heavy (non-hydrogen) atoms. The Labute approximate surface area is 117 Å². The smallest absolute Gasteiger partial charge is 0.214 e. The van der Waals surface area contributed by atoms with E-state index in [1.165, 1.54) is 5.56 Å². The third-order valence-electron chi connectivity index (χ3n) is 3.23. The molecular formula is C16H28N2O. The van der Waals surface area contributed by atoms with Crippen molar-refractivity contribution in [2.24, 2.45) is 0 Å². The molecule has 0 unspecified atom stereocenters. The minimum atomic E-state index is -0.159. The first-order valence-electron chi connectivity index (χ1n) is 7.40. The molecule has 0 spiro atoms. The van der Waals surface area contributed by atoms with Gasteiger partial charge in [0, 0.05) is 18.3 Å². The van der Waals surface area contributed by atoms with Crippen LogP contribution in [0.4, 0.5) is 0 Å². The van der Waals surface area contributed by atoms with Crippen molar-refractivity contribution >= 4 is 0 Å². The van der Waals surface area contributed by atoms with Crippen molar-refractivity contribution in [2.75, 3.05) is 6.54 Å². The maximum atomic E-state index is 6.02. The van der Waals surface area contributed by atoms with Crippen LogP contribution in [0.1, 0.15) is 58.7 Å². The average Bonchev–Trinajstić information content (AvgIpc) is 2.36. The van der Waals surface area contributed by atoms with Crippen LogP contribution in [0.2, 0.25) is 0 Å². The zero-order chi connectivity index (χ0) is 14.3. The summed E-state index contributed by atoms with van der Waals surface area (Å²) in [5, 5.41) is 3.35. The van der Waals surface area contributed by atoms with Gasteiger partial charge in [-0.1, -0.05) is 27.2 Å². The fourth-order valence-corrected chi connectivity index (χ4v) is 1.78. The molecule has 1 aromatic heterocycles. The van der Waals surface area contributed by atoms with E-state index >= 15 is 0 Å². The van der Waals surface area contributed by atoms with Gasteiger partial charge >= 0.3 is 0 Å². The van der Waals surface area contributed by atoms with Crippen molar-refractivity contribution in [1.29, 1.82) is 0 Å². The van der Waals surface area contributed by atoms with Crippen molar-refractivity contribution in [1.82, 2.24) is 10.3 Å². The molecule has 108 valence electrons. The molecule has 0 saturated heterocycles. The Bertz CT molecular complexity index is 388. The number of pyridine rings is 1. The summed E-state index contributed by atoms with van der Waals surface area (Å²) in [4.78, 5) is 4.61. The zero-order valence-electron chi connectivity index (χ0n) is 13.0. The molecule has 0 saturated carbocycles. The normalized spacial score (nSPS) is 11.6. The number of rotatable bonds is 8. The van der Waals surface area contributed by atoms with Gasteiger partial charge in [0.15, 0.2) is 0 Å². The zero-order valence-corrected chi connectivity index (χ0v) is 13.0. The Kier molecular flexibility index (Phi) is 6.29. The largest absolute Gasteiger partial charge is 0.472 e. The van der Waals surface area contributed by atoms with Gasteiger partial charge in [-0.25, -0.2) is 4.98 Å². The molecule has 0 fully saturated rings. The van der Waals surface area contributed by atoms with Gasteiger partial charge < -0.3 is 10.1 Å². The predicted octanol–water partition coefficient (Wildman–Crippen LogP) is 3.71. The SMILES string of the molecule is CCCc1cc(CNCC)cc(OC(C)(C)CC)n1. The highest BCUT2D eigenvalue weighted by Gasteiger charge is 2.18. The molecule has 0 amide bonds. The molecule has 1 N–H and O–H groups in total. The molecular weight excluding hydrogens is 236 g/mol. The third kappa shape index (κ3) is 5.60. The summed E-state index contributed by atoms with van der Waals surface area (Å²) in [6, 6.07) is 4.23. The van der Waals surface area contributed by atoms with Crippen molar-refractivity contribution in [3.8, 4) is 5.88 Å². The Morgan fingerprint density at radius 3 is 2.53 bits per heavy atom. The van der Waals surface area contributed by atoms with E-state index in [2.05, 4.69) is 57.1 Å². The summed E-state index contributed by atoms with van der Waals surface area (Å²) in [5.41, 5.74) is 2.22. The van der Waals surface area contributed by atoms with Crippen LogP contribution in [0.3, 0.4) is 0 Å². The van der Waals surface area contributed by atoms with Crippen molar-refractivity contribution < 1.29 is 4.74 Å². The predicted molar refractivity (Wildman–Crippen MR) is 80.6 cm³/mol. The van der Waals surface area contributed by atoms with E-state index in [0.717, 1.165) is 43.9 Å². The number of aromatic nitrogens is 1. The van der Waals surface area contributed by atoms with E-state index in [-0.39, 0.29) is 5.60 Å². The lowest BCUT2D eigenvalue weighted by atomic mass is 10.1. The van der Waals surface area contributed by atoms with Crippen molar-refractivity contribution in [2.45, 2.75) is 66.0 Å². The summed E-state index contributed by atoms with van der Waals surface area (Å²) >= 11 is 0. The van der Waals surface area contributed by atoms with Gasteiger partial charge in [0.1, 0.15) is 5.60 Å². The molecule has 0 atom stereocenters. The van der Waals surface area contributed by atoms with Crippen LogP contribution in [-0.4, -0.2) is 17.1 Å². The molecule has 1 heterocycles. The summed E-state index contributed by atoms with van der Waals surface area (Å²) in [6.45, 7) is 12.5. The highest BCUT2D eigenvalue weighted by molar-refractivity contribution is 5.26. The van der Waals surface area contributed by atoms with Crippen molar-refractivity contribution in [3.63, 3.8) is 0 Å². The molecule has 0 aliphatic rings. The van der Waals surface area contributed by atoms with Crippen LogP contribution >= 0.6 is 0 Å². The Morgan fingerprint density at radius 2 is 1.95 bits per heavy atom. The lowest BCUT2D eigenvalue weighted by molar-refractivity contribution is 0.0986. The van der Waals surface area contributed by atoms with Crippen LogP contribution in [0.15, 0.2) is 12.1 Å². The summed E-state index contributed by atoms with van der Waals surface area (Å²) in [6.07, 6.45) is 3.08. The summed E-state index contributed by atoms with van der Waals surface area (Å²) in [5.74, 6) is 0.755. The second-order valence-electron chi connectivity index (χ2n) is 5.55. The number of hydrogen-bond donors (Lipinski definition) is 1. The topological polar surface area (TPSA) is 34.1 Å². The average molecular weight is 264 g/mol. The first-order valence-corrected chi connectivity index (χ1v) is 7.40. The van der Waals surface area contributed by atoms with Gasteiger partial charge in [0.2, 0.25) is 5.88 Å². The Balaban J connectivity index is 2.91. The number of nitrogens with zero attached hydrogens (tertiary/aromatic N) is 1. The monoisotopic (exact) mass is 264 g/mol. The Morgan fingerprint density at radius 1 is 1.21 bits per heavy atom. The maximum absolute atomic E-state index is 6.02. The summed E-state index contributed by atoms with van der Waals surface area (Å²) < 4.78 is 6.02. The minimum Gasteiger partial charge on any atom is -0.472 e. The molecule has 0 aliphatic carbocycles. The molecule has 0 radical (unpaired) electrons. The quantitative estimate of drug-likeness (QED) is 0.777. The fraction of sp³-hybridized carbons (Fsp3) is 0.688. The van der Waals surface area contributed by atoms with E-state index in [1.54, 1.807) is 0 Å². The third-order valence-corrected chi connectivity index (χ3v) is 3.23. The number of ether oxygens (including phenoxy) is 1. The van der Waals surface area contributed by atoms with Crippen LogP contribution in [0.5, 0.6) is 5.88 Å². The lowest BCUT2D eigenvalue weighted by Crippen LogP contribution is -2.27. The molecule has 0 aliphatic heterocycles. The maximum Gasteiger partial charge on any atom is 0.214 e. The molecule has 3 heteroatoms. The van der Waals surface area contributed by atoms with Gasteiger partial charge in [0.05, 0.1) is 0 Å².